The third kappa shape index (κ3) is 6.47. The molecule has 0 aliphatic carbocycles. The van der Waals surface area contributed by atoms with Gasteiger partial charge in [0, 0.05) is 0 Å². The van der Waals surface area contributed by atoms with Gasteiger partial charge in [0.05, 0.1) is 28.8 Å². The number of thioether (sulfide) groups is 1. The van der Waals surface area contributed by atoms with Crippen molar-refractivity contribution in [1.82, 2.24) is 0 Å². The van der Waals surface area contributed by atoms with Crippen molar-refractivity contribution in [2.24, 2.45) is 0 Å². The minimum atomic E-state index is -4.57. The zero-order valence-corrected chi connectivity index (χ0v) is 21.7. The minimum Gasteiger partial charge on any atom is -0.493 e. The monoisotopic (exact) mass is 573 g/mol. The molecule has 7 nitrogen and oxygen atoms in total. The van der Waals surface area contributed by atoms with Gasteiger partial charge in [0.2, 0.25) is 0 Å². The number of amides is 1. The van der Waals surface area contributed by atoms with Crippen LogP contribution in [0.15, 0.2) is 71.6 Å². The molecule has 39 heavy (non-hydrogen) atoms. The van der Waals surface area contributed by atoms with Crippen LogP contribution in [0.25, 0.3) is 6.08 Å². The molecule has 3 aromatic carbocycles. The van der Waals surface area contributed by atoms with E-state index in [2.05, 4.69) is 0 Å². The number of aldehydes is 1. The number of esters is 1. The summed E-state index contributed by atoms with van der Waals surface area (Å²) in [6.45, 7) is -0.474. The number of carbonyl (C=O) groups is 3. The first-order chi connectivity index (χ1) is 18.6. The number of ether oxygens (including phenoxy) is 3. The summed E-state index contributed by atoms with van der Waals surface area (Å²) in [7, 11) is 1.39. The summed E-state index contributed by atoms with van der Waals surface area (Å²) in [5.41, 5.74) is -0.146. The molecule has 3 aromatic rings. The van der Waals surface area contributed by atoms with Gasteiger partial charge in [0.15, 0.2) is 28.7 Å². The smallest absolute Gasteiger partial charge is 0.416 e. The number of carbonyl (C=O) groups excluding carboxylic acids is 3. The maximum atomic E-state index is 13.1. The Hall–Kier alpha value is -4.16. The average Bonchev–Trinajstić information content (AvgIpc) is 3.19. The Kier molecular flexibility index (Phi) is 8.36. The Bertz CT molecular complexity index is 1490. The maximum absolute atomic E-state index is 13.1. The van der Waals surface area contributed by atoms with Gasteiger partial charge in [-0.2, -0.15) is 13.2 Å². The fourth-order valence-corrected chi connectivity index (χ4v) is 4.81. The number of hydrogen-bond donors (Lipinski definition) is 0. The highest BCUT2D eigenvalue weighted by Gasteiger charge is 2.36. The highest BCUT2D eigenvalue weighted by Crippen LogP contribution is 2.39. The van der Waals surface area contributed by atoms with E-state index in [1.54, 1.807) is 24.3 Å². The number of para-hydroxylation sites is 1. The molecular weight excluding hydrogens is 555 g/mol. The molecule has 1 aliphatic rings. The van der Waals surface area contributed by atoms with Crippen molar-refractivity contribution >= 4 is 58.2 Å². The van der Waals surface area contributed by atoms with Crippen molar-refractivity contribution < 1.29 is 41.8 Å². The number of nitrogens with zero attached hydrogens (tertiary/aromatic N) is 1. The van der Waals surface area contributed by atoms with Crippen LogP contribution in [0.1, 0.15) is 21.5 Å². The van der Waals surface area contributed by atoms with Crippen LogP contribution in [-0.4, -0.2) is 36.2 Å². The first kappa shape index (κ1) is 27.9. The van der Waals surface area contributed by atoms with Crippen LogP contribution in [0.4, 0.5) is 18.9 Å². The molecule has 0 N–H and O–H groups in total. The van der Waals surface area contributed by atoms with Gasteiger partial charge >= 0.3 is 12.1 Å². The second-order valence-electron chi connectivity index (χ2n) is 7.89. The summed E-state index contributed by atoms with van der Waals surface area (Å²) in [6, 6.07) is 15.3. The van der Waals surface area contributed by atoms with E-state index < -0.39 is 30.2 Å². The van der Waals surface area contributed by atoms with E-state index in [1.807, 2.05) is 0 Å². The summed E-state index contributed by atoms with van der Waals surface area (Å²) >= 11 is 6.21. The van der Waals surface area contributed by atoms with Gasteiger partial charge < -0.3 is 14.2 Å². The highest BCUT2D eigenvalue weighted by atomic mass is 32.2. The second-order valence-corrected chi connectivity index (χ2v) is 9.57. The zero-order valence-electron chi connectivity index (χ0n) is 20.1. The molecule has 0 aromatic heterocycles. The highest BCUT2D eigenvalue weighted by molar-refractivity contribution is 8.27. The van der Waals surface area contributed by atoms with Gasteiger partial charge in [0.1, 0.15) is 5.75 Å². The summed E-state index contributed by atoms with van der Waals surface area (Å²) in [5.74, 6) is -0.744. The first-order valence-electron chi connectivity index (χ1n) is 11.1. The third-order valence-electron chi connectivity index (χ3n) is 5.33. The van der Waals surface area contributed by atoms with Crippen LogP contribution in [0, 0.1) is 0 Å². The van der Waals surface area contributed by atoms with Crippen LogP contribution < -0.4 is 19.1 Å². The van der Waals surface area contributed by atoms with Crippen molar-refractivity contribution in [1.29, 1.82) is 0 Å². The van der Waals surface area contributed by atoms with E-state index in [0.29, 0.717) is 11.8 Å². The van der Waals surface area contributed by atoms with E-state index in [9.17, 15) is 27.6 Å². The molecular formula is C27H18F3NO6S2. The lowest BCUT2D eigenvalue weighted by molar-refractivity contribution is -0.138. The van der Waals surface area contributed by atoms with E-state index in [-0.39, 0.29) is 37.7 Å². The molecule has 1 saturated heterocycles. The third-order valence-corrected chi connectivity index (χ3v) is 6.63. The Morgan fingerprint density at radius 2 is 1.79 bits per heavy atom. The Morgan fingerprint density at radius 3 is 2.51 bits per heavy atom. The zero-order chi connectivity index (χ0) is 28.2. The Morgan fingerprint density at radius 1 is 1.03 bits per heavy atom. The molecule has 12 heteroatoms. The average molecular weight is 574 g/mol. The summed E-state index contributed by atoms with van der Waals surface area (Å²) in [6.07, 6.45) is -2.48. The summed E-state index contributed by atoms with van der Waals surface area (Å²) < 4.78 is 55.5. The molecule has 200 valence electrons. The Labute approximate surface area is 230 Å². The lowest BCUT2D eigenvalue weighted by atomic mass is 10.1. The predicted octanol–water partition coefficient (Wildman–Crippen LogP) is 5.92. The fraction of sp³-hybridized carbons (Fsp3) is 0.111. The molecule has 0 spiro atoms. The fourth-order valence-electron chi connectivity index (χ4n) is 3.52. The van der Waals surface area contributed by atoms with Crippen molar-refractivity contribution in [2.75, 3.05) is 18.6 Å². The van der Waals surface area contributed by atoms with Crippen molar-refractivity contribution in [3.05, 3.63) is 88.3 Å². The van der Waals surface area contributed by atoms with Crippen LogP contribution in [-0.2, 0) is 15.8 Å². The maximum Gasteiger partial charge on any atom is 0.416 e. The number of benzene rings is 3. The van der Waals surface area contributed by atoms with Crippen LogP contribution in [0.5, 0.6) is 17.2 Å². The number of alkyl halides is 3. The van der Waals surface area contributed by atoms with Gasteiger partial charge in [-0.25, -0.2) is 4.79 Å². The second kappa shape index (κ2) is 11.7. The van der Waals surface area contributed by atoms with E-state index in [1.165, 1.54) is 43.5 Å². The number of rotatable bonds is 8. The topological polar surface area (TPSA) is 82.1 Å². The molecule has 0 saturated carbocycles. The minimum absolute atomic E-state index is 0.0136. The molecule has 1 fully saturated rings. The van der Waals surface area contributed by atoms with E-state index >= 15 is 0 Å². The van der Waals surface area contributed by atoms with Gasteiger partial charge in [-0.1, -0.05) is 48.2 Å². The number of thiocarbonyl (C=S) groups is 1. The van der Waals surface area contributed by atoms with Gasteiger partial charge in [-0.3, -0.25) is 14.5 Å². The lowest BCUT2D eigenvalue weighted by Crippen LogP contribution is -2.27. The van der Waals surface area contributed by atoms with Crippen molar-refractivity contribution in [3.8, 4) is 17.2 Å². The van der Waals surface area contributed by atoms with Crippen molar-refractivity contribution in [3.63, 3.8) is 0 Å². The number of methoxy groups -OCH3 is 1. The molecule has 0 unspecified atom stereocenters. The quantitative estimate of drug-likeness (QED) is 0.108. The standard InChI is InChI=1S/C27H18F3NO6S2/c1-35-22-11-16(9-10-21(22)36-15-24(33)37-20-8-3-2-5-17(20)14-32)12-23-25(34)31(26(38)39-23)19-7-4-6-18(13-19)27(28,29)30/h2-14H,15H2,1H3. The van der Waals surface area contributed by atoms with Crippen LogP contribution >= 0.6 is 24.0 Å². The number of anilines is 1. The number of hydrogen-bond acceptors (Lipinski definition) is 8. The van der Waals surface area contributed by atoms with Crippen LogP contribution in [0.3, 0.4) is 0 Å². The molecule has 1 heterocycles. The predicted molar refractivity (Wildman–Crippen MR) is 143 cm³/mol. The van der Waals surface area contributed by atoms with Crippen molar-refractivity contribution in [2.45, 2.75) is 6.18 Å². The van der Waals surface area contributed by atoms with Crippen LogP contribution in [0.2, 0.25) is 0 Å². The molecule has 4 rings (SSSR count). The molecule has 1 amide bonds. The lowest BCUT2D eigenvalue weighted by Gasteiger charge is -2.16. The Balaban J connectivity index is 1.47. The molecule has 0 radical (unpaired) electrons. The van der Waals surface area contributed by atoms with Gasteiger partial charge in [-0.05, 0) is 54.1 Å². The van der Waals surface area contributed by atoms with Gasteiger partial charge in [0.25, 0.3) is 5.91 Å². The summed E-state index contributed by atoms with van der Waals surface area (Å²) in [4.78, 5) is 37.6. The SMILES string of the molecule is COc1cc(C=C2SC(=S)N(c3cccc(C(F)(F)F)c3)C2=O)ccc1OCC(=O)Oc1ccccc1C=O. The largest absolute Gasteiger partial charge is 0.493 e. The molecule has 1 aliphatic heterocycles. The normalized spacial score (nSPS) is 14.5. The van der Waals surface area contributed by atoms with E-state index in [4.69, 9.17) is 26.4 Å². The van der Waals surface area contributed by atoms with Gasteiger partial charge in [-0.15, -0.1) is 0 Å². The number of halogens is 3. The summed E-state index contributed by atoms with van der Waals surface area (Å²) in [5, 5.41) is 0. The first-order valence-corrected chi connectivity index (χ1v) is 12.3. The molecule has 0 atom stereocenters. The molecule has 0 bridgehead atoms. The van der Waals surface area contributed by atoms with E-state index in [0.717, 1.165) is 28.8 Å².